The molecule has 0 saturated carbocycles. The molecule has 1 heterocycles. The van der Waals surface area contributed by atoms with E-state index in [1.165, 1.54) is 0 Å². The first-order chi connectivity index (χ1) is 9.47. The number of halogens is 4. The molecule has 0 bridgehead atoms. The van der Waals surface area contributed by atoms with E-state index in [1.807, 2.05) is 0 Å². The number of benzene rings is 1. The molecule has 2 aromatic rings. The SMILES string of the molecule is Fc1ccc(CNCc2ccccn2)c(C(F)(F)F)c1. The monoisotopic (exact) mass is 284 g/mol. The summed E-state index contributed by atoms with van der Waals surface area (Å²) in [6.45, 7) is 0.335. The second-order valence-electron chi connectivity index (χ2n) is 4.22. The van der Waals surface area contributed by atoms with Crippen LogP contribution in [0.5, 0.6) is 0 Å². The molecule has 0 amide bonds. The van der Waals surface area contributed by atoms with E-state index in [9.17, 15) is 17.6 Å². The van der Waals surface area contributed by atoms with Crippen molar-refractivity contribution in [3.8, 4) is 0 Å². The van der Waals surface area contributed by atoms with Gasteiger partial charge >= 0.3 is 6.18 Å². The van der Waals surface area contributed by atoms with Crippen LogP contribution in [-0.2, 0) is 19.3 Å². The van der Waals surface area contributed by atoms with Gasteiger partial charge in [-0.1, -0.05) is 12.1 Å². The minimum Gasteiger partial charge on any atom is -0.307 e. The normalized spacial score (nSPS) is 11.6. The van der Waals surface area contributed by atoms with E-state index >= 15 is 0 Å². The Kier molecular flexibility index (Phi) is 4.34. The smallest absolute Gasteiger partial charge is 0.307 e. The van der Waals surface area contributed by atoms with Crippen LogP contribution in [-0.4, -0.2) is 4.98 Å². The van der Waals surface area contributed by atoms with Crippen molar-refractivity contribution >= 4 is 0 Å². The Morgan fingerprint density at radius 3 is 2.50 bits per heavy atom. The Balaban J connectivity index is 2.06. The molecule has 20 heavy (non-hydrogen) atoms. The van der Waals surface area contributed by atoms with Gasteiger partial charge in [-0.2, -0.15) is 13.2 Å². The standard InChI is InChI=1S/C14H12F4N2/c15-11-5-4-10(13(7-11)14(16,17)18)8-19-9-12-3-1-2-6-20-12/h1-7,19H,8-9H2. The molecule has 6 heteroatoms. The predicted octanol–water partition coefficient (Wildman–Crippen LogP) is 3.53. The highest BCUT2D eigenvalue weighted by Crippen LogP contribution is 2.32. The van der Waals surface area contributed by atoms with Crippen molar-refractivity contribution < 1.29 is 17.6 Å². The summed E-state index contributed by atoms with van der Waals surface area (Å²) >= 11 is 0. The first-order valence-corrected chi connectivity index (χ1v) is 5.93. The summed E-state index contributed by atoms with van der Waals surface area (Å²) < 4.78 is 51.2. The number of nitrogens with zero attached hydrogens (tertiary/aromatic N) is 1. The van der Waals surface area contributed by atoms with E-state index in [0.29, 0.717) is 12.6 Å². The molecule has 0 aliphatic rings. The highest BCUT2D eigenvalue weighted by atomic mass is 19.4. The number of pyridine rings is 1. The van der Waals surface area contributed by atoms with Crippen LogP contribution in [0.2, 0.25) is 0 Å². The van der Waals surface area contributed by atoms with Gasteiger partial charge in [-0.15, -0.1) is 0 Å². The summed E-state index contributed by atoms with van der Waals surface area (Å²) in [4.78, 5) is 4.05. The summed E-state index contributed by atoms with van der Waals surface area (Å²) in [6, 6.07) is 7.99. The number of hydrogen-bond donors (Lipinski definition) is 1. The van der Waals surface area contributed by atoms with Crippen LogP contribution in [0.25, 0.3) is 0 Å². The maximum atomic E-state index is 12.9. The van der Waals surface area contributed by atoms with Crippen molar-refractivity contribution in [3.63, 3.8) is 0 Å². The van der Waals surface area contributed by atoms with Crippen LogP contribution in [0.1, 0.15) is 16.8 Å². The average Bonchev–Trinajstić information content (AvgIpc) is 2.40. The maximum absolute atomic E-state index is 12.9. The zero-order valence-electron chi connectivity index (χ0n) is 10.4. The molecule has 1 aromatic carbocycles. The molecular weight excluding hydrogens is 272 g/mol. The maximum Gasteiger partial charge on any atom is 0.416 e. The van der Waals surface area contributed by atoms with E-state index < -0.39 is 17.6 Å². The van der Waals surface area contributed by atoms with Gasteiger partial charge in [-0.05, 0) is 29.8 Å². The Labute approximate surface area is 113 Å². The molecule has 0 radical (unpaired) electrons. The zero-order valence-corrected chi connectivity index (χ0v) is 10.4. The first kappa shape index (κ1) is 14.5. The molecular formula is C14H12F4N2. The summed E-state index contributed by atoms with van der Waals surface area (Å²) in [7, 11) is 0. The van der Waals surface area contributed by atoms with E-state index in [2.05, 4.69) is 10.3 Å². The number of alkyl halides is 3. The minimum absolute atomic E-state index is 0.00824. The number of aromatic nitrogens is 1. The van der Waals surface area contributed by atoms with Crippen molar-refractivity contribution in [2.24, 2.45) is 0 Å². The Hall–Kier alpha value is -1.95. The molecule has 0 aliphatic heterocycles. The summed E-state index contributed by atoms with van der Waals surface area (Å²) in [5.74, 6) is -0.897. The second kappa shape index (κ2) is 6.00. The zero-order chi connectivity index (χ0) is 14.6. The van der Waals surface area contributed by atoms with Gasteiger partial charge in [0.25, 0.3) is 0 Å². The fourth-order valence-electron chi connectivity index (χ4n) is 1.79. The van der Waals surface area contributed by atoms with Crippen molar-refractivity contribution in [1.29, 1.82) is 0 Å². The topological polar surface area (TPSA) is 24.9 Å². The molecule has 106 valence electrons. The number of hydrogen-bond acceptors (Lipinski definition) is 2. The Bertz CT molecular complexity index is 567. The van der Waals surface area contributed by atoms with Gasteiger partial charge in [-0.3, -0.25) is 4.98 Å². The summed E-state index contributed by atoms with van der Waals surface area (Å²) in [6.07, 6.45) is -2.96. The van der Waals surface area contributed by atoms with E-state index in [4.69, 9.17) is 0 Å². The summed E-state index contributed by atoms with van der Waals surface area (Å²) in [5.41, 5.74) is -0.218. The van der Waals surface area contributed by atoms with E-state index in [0.717, 1.165) is 17.8 Å². The van der Waals surface area contributed by atoms with Crippen LogP contribution >= 0.6 is 0 Å². The lowest BCUT2D eigenvalue weighted by atomic mass is 10.1. The number of nitrogens with one attached hydrogen (secondary N) is 1. The predicted molar refractivity (Wildman–Crippen MR) is 66.2 cm³/mol. The first-order valence-electron chi connectivity index (χ1n) is 5.93. The quantitative estimate of drug-likeness (QED) is 0.869. The van der Waals surface area contributed by atoms with Gasteiger partial charge < -0.3 is 5.32 Å². The molecule has 2 nitrogen and oxygen atoms in total. The molecule has 2 rings (SSSR count). The average molecular weight is 284 g/mol. The molecule has 0 aliphatic carbocycles. The van der Waals surface area contributed by atoms with Gasteiger partial charge in [0, 0.05) is 19.3 Å². The van der Waals surface area contributed by atoms with Crippen LogP contribution in [0.4, 0.5) is 17.6 Å². The molecule has 0 unspecified atom stereocenters. The third kappa shape index (κ3) is 3.77. The van der Waals surface area contributed by atoms with Crippen molar-refractivity contribution in [1.82, 2.24) is 10.3 Å². The highest BCUT2D eigenvalue weighted by molar-refractivity contribution is 5.30. The van der Waals surface area contributed by atoms with Gasteiger partial charge in [0.05, 0.1) is 11.3 Å². The molecule has 0 fully saturated rings. The third-order valence-electron chi connectivity index (χ3n) is 2.73. The van der Waals surface area contributed by atoms with Crippen LogP contribution in [0.3, 0.4) is 0 Å². The molecule has 0 spiro atoms. The Morgan fingerprint density at radius 1 is 1.05 bits per heavy atom. The lowest BCUT2D eigenvalue weighted by Crippen LogP contribution is -2.18. The molecule has 0 atom stereocenters. The van der Waals surface area contributed by atoms with Crippen molar-refractivity contribution in [2.45, 2.75) is 19.3 Å². The van der Waals surface area contributed by atoms with Crippen molar-refractivity contribution in [3.05, 3.63) is 65.2 Å². The van der Waals surface area contributed by atoms with Gasteiger partial charge in [-0.25, -0.2) is 4.39 Å². The van der Waals surface area contributed by atoms with Crippen LogP contribution in [0, 0.1) is 5.82 Å². The van der Waals surface area contributed by atoms with Gasteiger partial charge in [0.1, 0.15) is 5.82 Å². The number of rotatable bonds is 4. The summed E-state index contributed by atoms with van der Waals surface area (Å²) in [5, 5.41) is 2.86. The van der Waals surface area contributed by atoms with Crippen molar-refractivity contribution in [2.75, 3.05) is 0 Å². The lowest BCUT2D eigenvalue weighted by molar-refractivity contribution is -0.138. The molecule has 1 N–H and O–H groups in total. The second-order valence-corrected chi connectivity index (χ2v) is 4.22. The van der Waals surface area contributed by atoms with E-state index in [1.54, 1.807) is 24.4 Å². The molecule has 0 saturated heterocycles. The van der Waals surface area contributed by atoms with E-state index in [-0.39, 0.29) is 12.1 Å². The van der Waals surface area contributed by atoms with Crippen LogP contribution < -0.4 is 5.32 Å². The Morgan fingerprint density at radius 2 is 1.85 bits per heavy atom. The fourth-order valence-corrected chi connectivity index (χ4v) is 1.79. The molecule has 1 aromatic heterocycles. The van der Waals surface area contributed by atoms with Gasteiger partial charge in [0.2, 0.25) is 0 Å². The third-order valence-corrected chi connectivity index (χ3v) is 2.73. The lowest BCUT2D eigenvalue weighted by Gasteiger charge is -2.13. The van der Waals surface area contributed by atoms with Crippen LogP contribution in [0.15, 0.2) is 42.6 Å². The minimum atomic E-state index is -4.57. The largest absolute Gasteiger partial charge is 0.416 e. The van der Waals surface area contributed by atoms with Gasteiger partial charge in [0.15, 0.2) is 0 Å². The fraction of sp³-hybridized carbons (Fsp3) is 0.214. The highest BCUT2D eigenvalue weighted by Gasteiger charge is 2.33.